The molecule has 34 heavy (non-hydrogen) atoms. The highest BCUT2D eigenvalue weighted by Gasteiger charge is 2.47. The zero-order valence-electron chi connectivity index (χ0n) is 19.8. The standard InChI is InChI=1S/C27H29FO6/c1-31-21-11-7-18(15-23(21)33-3)9-13-25(29)27(28,17-20-5-6-20)26(30)14-10-19-8-12-22(32-2)24(16-19)34-4/h7-16,20H,5-6,17H2,1-4H3/b13-9+,14-10+. The van der Waals surface area contributed by atoms with Gasteiger partial charge in [-0.05, 0) is 59.9 Å². The number of ketones is 2. The van der Waals surface area contributed by atoms with Crippen LogP contribution in [0.2, 0.25) is 0 Å². The van der Waals surface area contributed by atoms with Crippen molar-refractivity contribution in [1.82, 2.24) is 0 Å². The lowest BCUT2D eigenvalue weighted by Crippen LogP contribution is -2.41. The number of hydrogen-bond donors (Lipinski definition) is 0. The van der Waals surface area contributed by atoms with E-state index in [1.54, 1.807) is 36.4 Å². The summed E-state index contributed by atoms with van der Waals surface area (Å²) in [5.41, 5.74) is -1.39. The molecule has 1 aliphatic rings. The smallest absolute Gasteiger partial charge is 0.234 e. The van der Waals surface area contributed by atoms with Gasteiger partial charge in [0.15, 0.2) is 23.0 Å². The molecule has 1 aliphatic carbocycles. The second kappa shape index (κ2) is 11.0. The lowest BCUT2D eigenvalue weighted by molar-refractivity contribution is -0.138. The number of methoxy groups -OCH3 is 4. The Labute approximate surface area is 199 Å². The molecular formula is C27H29FO6. The first kappa shape index (κ1) is 25.0. The minimum absolute atomic E-state index is 0.0295. The van der Waals surface area contributed by atoms with Crippen molar-refractivity contribution in [1.29, 1.82) is 0 Å². The number of allylic oxidation sites excluding steroid dienone is 2. The number of hydrogen-bond acceptors (Lipinski definition) is 6. The molecule has 0 heterocycles. The van der Waals surface area contributed by atoms with Crippen molar-refractivity contribution in [2.24, 2.45) is 5.92 Å². The predicted molar refractivity (Wildman–Crippen MR) is 128 cm³/mol. The molecule has 1 fully saturated rings. The van der Waals surface area contributed by atoms with E-state index < -0.39 is 17.2 Å². The maximum Gasteiger partial charge on any atom is 0.234 e. The lowest BCUT2D eigenvalue weighted by atomic mass is 9.88. The Kier molecular flexibility index (Phi) is 8.10. The van der Waals surface area contributed by atoms with Crippen LogP contribution in [0.3, 0.4) is 0 Å². The van der Waals surface area contributed by atoms with Crippen molar-refractivity contribution in [2.75, 3.05) is 28.4 Å². The van der Waals surface area contributed by atoms with Crippen LogP contribution < -0.4 is 18.9 Å². The molecule has 0 bridgehead atoms. The van der Waals surface area contributed by atoms with Crippen molar-refractivity contribution in [3.63, 3.8) is 0 Å². The number of ether oxygens (including phenoxy) is 4. The Morgan fingerprint density at radius 3 is 1.56 bits per heavy atom. The molecule has 3 rings (SSSR count). The molecule has 0 aromatic heterocycles. The van der Waals surface area contributed by atoms with Gasteiger partial charge in [-0.25, -0.2) is 4.39 Å². The summed E-state index contributed by atoms with van der Waals surface area (Å²) in [4.78, 5) is 25.8. The van der Waals surface area contributed by atoms with Gasteiger partial charge >= 0.3 is 0 Å². The van der Waals surface area contributed by atoms with Crippen molar-refractivity contribution < 1.29 is 32.9 Å². The molecule has 0 radical (unpaired) electrons. The van der Waals surface area contributed by atoms with Gasteiger partial charge in [-0.15, -0.1) is 0 Å². The minimum Gasteiger partial charge on any atom is -0.493 e. The third-order valence-corrected chi connectivity index (χ3v) is 5.72. The highest BCUT2D eigenvalue weighted by atomic mass is 19.1. The zero-order chi connectivity index (χ0) is 24.7. The van der Waals surface area contributed by atoms with Crippen LogP contribution >= 0.6 is 0 Å². The summed E-state index contributed by atoms with van der Waals surface area (Å²) in [5, 5.41) is 0. The quantitative estimate of drug-likeness (QED) is 0.319. The molecule has 1 saturated carbocycles. The van der Waals surface area contributed by atoms with E-state index in [0.717, 1.165) is 25.0 Å². The summed E-state index contributed by atoms with van der Waals surface area (Å²) in [6.45, 7) is 0. The van der Waals surface area contributed by atoms with Gasteiger partial charge in [0.1, 0.15) is 0 Å². The Hall–Kier alpha value is -3.61. The van der Waals surface area contributed by atoms with Gasteiger partial charge in [0.25, 0.3) is 0 Å². The Balaban J connectivity index is 1.81. The molecule has 0 saturated heterocycles. The summed E-state index contributed by atoms with van der Waals surface area (Å²) < 4.78 is 36.8. The average molecular weight is 469 g/mol. The largest absolute Gasteiger partial charge is 0.493 e. The number of rotatable bonds is 12. The normalized spacial score (nSPS) is 13.8. The van der Waals surface area contributed by atoms with Gasteiger partial charge in [-0.1, -0.05) is 37.1 Å². The van der Waals surface area contributed by atoms with Crippen LogP contribution in [0.4, 0.5) is 4.39 Å². The van der Waals surface area contributed by atoms with Gasteiger partial charge < -0.3 is 18.9 Å². The molecule has 180 valence electrons. The molecule has 0 atom stereocenters. The molecule has 0 unspecified atom stereocenters. The van der Waals surface area contributed by atoms with Crippen LogP contribution in [0, 0.1) is 5.92 Å². The monoisotopic (exact) mass is 468 g/mol. The van der Waals surface area contributed by atoms with E-state index in [4.69, 9.17) is 18.9 Å². The van der Waals surface area contributed by atoms with Crippen molar-refractivity contribution in [3.05, 3.63) is 59.7 Å². The van der Waals surface area contributed by atoms with E-state index in [2.05, 4.69) is 0 Å². The van der Waals surface area contributed by atoms with Gasteiger partial charge in [0.2, 0.25) is 17.2 Å². The Morgan fingerprint density at radius 1 is 0.794 bits per heavy atom. The molecule has 2 aromatic carbocycles. The van der Waals surface area contributed by atoms with E-state index in [1.807, 2.05) is 0 Å². The van der Waals surface area contributed by atoms with Gasteiger partial charge in [-0.2, -0.15) is 0 Å². The van der Waals surface area contributed by atoms with E-state index in [9.17, 15) is 9.59 Å². The summed E-state index contributed by atoms with van der Waals surface area (Å²) in [6, 6.07) is 10.1. The highest BCUT2D eigenvalue weighted by Crippen LogP contribution is 2.40. The number of carbonyl (C=O) groups excluding carboxylic acids is 2. The van der Waals surface area contributed by atoms with Crippen LogP contribution in [-0.4, -0.2) is 45.7 Å². The summed E-state index contributed by atoms with van der Waals surface area (Å²) in [5.74, 6) is 0.310. The Morgan fingerprint density at radius 2 is 1.21 bits per heavy atom. The molecule has 2 aromatic rings. The van der Waals surface area contributed by atoms with Crippen LogP contribution in [-0.2, 0) is 9.59 Å². The SMILES string of the molecule is COc1ccc(/C=C/C(=O)C(F)(CC2CC2)C(=O)/C=C/c2ccc(OC)c(OC)c2)cc1OC. The van der Waals surface area contributed by atoms with E-state index in [1.165, 1.54) is 40.6 Å². The number of benzene rings is 2. The fourth-order valence-corrected chi connectivity index (χ4v) is 3.56. The fourth-order valence-electron chi connectivity index (χ4n) is 3.56. The molecule has 7 heteroatoms. The molecule has 0 N–H and O–H groups in total. The summed E-state index contributed by atoms with van der Waals surface area (Å²) in [6.07, 6.45) is 6.67. The predicted octanol–water partition coefficient (Wildman–Crippen LogP) is 5.09. The fraction of sp³-hybridized carbons (Fsp3) is 0.333. The first-order chi connectivity index (χ1) is 16.3. The maximum absolute atomic E-state index is 15.9. The van der Waals surface area contributed by atoms with Crippen molar-refractivity contribution in [2.45, 2.75) is 24.9 Å². The average Bonchev–Trinajstić information content (AvgIpc) is 3.68. The number of carbonyl (C=O) groups is 2. The van der Waals surface area contributed by atoms with Crippen molar-refractivity contribution >= 4 is 23.7 Å². The number of alkyl halides is 1. The van der Waals surface area contributed by atoms with Crippen LogP contribution in [0.25, 0.3) is 12.2 Å². The van der Waals surface area contributed by atoms with E-state index >= 15 is 4.39 Å². The summed E-state index contributed by atoms with van der Waals surface area (Å²) in [7, 11) is 6.05. The van der Waals surface area contributed by atoms with E-state index in [-0.39, 0.29) is 12.3 Å². The number of halogens is 1. The first-order valence-corrected chi connectivity index (χ1v) is 10.9. The van der Waals surface area contributed by atoms with Gasteiger partial charge in [0.05, 0.1) is 28.4 Å². The molecular weight excluding hydrogens is 439 g/mol. The molecule has 6 nitrogen and oxygen atoms in total. The van der Waals surface area contributed by atoms with Crippen LogP contribution in [0.15, 0.2) is 48.6 Å². The molecule has 0 aliphatic heterocycles. The zero-order valence-corrected chi connectivity index (χ0v) is 19.8. The van der Waals surface area contributed by atoms with Gasteiger partial charge in [0, 0.05) is 0 Å². The van der Waals surface area contributed by atoms with Crippen LogP contribution in [0.1, 0.15) is 30.4 Å². The minimum atomic E-state index is -2.62. The maximum atomic E-state index is 15.9. The molecule has 0 amide bonds. The highest BCUT2D eigenvalue weighted by molar-refractivity contribution is 6.20. The third-order valence-electron chi connectivity index (χ3n) is 5.72. The lowest BCUT2D eigenvalue weighted by Gasteiger charge is -2.19. The van der Waals surface area contributed by atoms with E-state index in [0.29, 0.717) is 34.1 Å². The third kappa shape index (κ3) is 5.84. The topological polar surface area (TPSA) is 71.1 Å². The Bertz CT molecular complexity index is 1020. The first-order valence-electron chi connectivity index (χ1n) is 10.9. The second-order valence-corrected chi connectivity index (χ2v) is 8.07. The summed E-state index contributed by atoms with van der Waals surface area (Å²) >= 11 is 0. The van der Waals surface area contributed by atoms with Crippen molar-refractivity contribution in [3.8, 4) is 23.0 Å². The van der Waals surface area contributed by atoms with Crippen LogP contribution in [0.5, 0.6) is 23.0 Å². The second-order valence-electron chi connectivity index (χ2n) is 8.07. The van der Waals surface area contributed by atoms with Gasteiger partial charge in [-0.3, -0.25) is 9.59 Å². The molecule has 0 spiro atoms.